The predicted molar refractivity (Wildman–Crippen MR) is 129 cm³/mol. The number of primary sulfonamides is 1. The molecule has 3 aromatic rings. The van der Waals surface area contributed by atoms with Gasteiger partial charge < -0.3 is 10.6 Å². The molecule has 9 heteroatoms. The van der Waals surface area contributed by atoms with Crippen LogP contribution in [0.1, 0.15) is 40.9 Å². The largest absolute Gasteiger partial charge is 0.345 e. The topological polar surface area (TPSA) is 118 Å². The summed E-state index contributed by atoms with van der Waals surface area (Å²) in [7, 11) is -3.94. The second-order valence-electron chi connectivity index (χ2n) is 7.39. The van der Waals surface area contributed by atoms with Crippen molar-refractivity contribution in [3.63, 3.8) is 0 Å². The van der Waals surface area contributed by atoms with Gasteiger partial charge in [-0.3, -0.25) is 9.59 Å². The average Bonchev–Trinajstić information content (AvgIpc) is 2.78. The summed E-state index contributed by atoms with van der Waals surface area (Å²) in [5.41, 5.74) is 1.89. The molecule has 3 rings (SSSR count). The summed E-state index contributed by atoms with van der Waals surface area (Å²) in [4.78, 5) is 25.6. The lowest BCUT2D eigenvalue weighted by molar-refractivity contribution is -0.116. The molecule has 172 valence electrons. The number of carbonyl (C=O) groups is 2. The molecule has 0 saturated heterocycles. The Labute approximate surface area is 198 Å². The number of hydrogen-bond donors (Lipinski definition) is 3. The molecule has 0 heterocycles. The van der Waals surface area contributed by atoms with Crippen molar-refractivity contribution in [1.29, 1.82) is 0 Å². The van der Waals surface area contributed by atoms with Crippen LogP contribution >= 0.6 is 11.6 Å². The first kappa shape index (κ1) is 24.4. The third kappa shape index (κ3) is 6.41. The number of benzene rings is 3. The van der Waals surface area contributed by atoms with Crippen LogP contribution in [0.4, 0.5) is 5.69 Å². The predicted octanol–water partition coefficient (Wildman–Crippen LogP) is 4.05. The van der Waals surface area contributed by atoms with Crippen molar-refractivity contribution >= 4 is 39.1 Å². The Balaban J connectivity index is 1.81. The van der Waals surface area contributed by atoms with E-state index in [1.54, 1.807) is 48.5 Å². The molecule has 7 nitrogen and oxygen atoms in total. The first-order valence-electron chi connectivity index (χ1n) is 10.2. The van der Waals surface area contributed by atoms with E-state index in [1.807, 2.05) is 25.1 Å². The van der Waals surface area contributed by atoms with Gasteiger partial charge in [0.25, 0.3) is 5.91 Å². The van der Waals surface area contributed by atoms with E-state index in [0.29, 0.717) is 28.3 Å². The summed E-state index contributed by atoms with van der Waals surface area (Å²) in [6.07, 6.45) is 0.393. The lowest BCUT2D eigenvalue weighted by atomic mass is 10.0. The molecule has 0 radical (unpaired) electrons. The molecule has 0 aliphatic heterocycles. The minimum Gasteiger partial charge on any atom is -0.345 e. The average molecular weight is 486 g/mol. The van der Waals surface area contributed by atoms with Crippen LogP contribution in [0.25, 0.3) is 0 Å². The third-order valence-electron chi connectivity index (χ3n) is 5.05. The Morgan fingerprint density at radius 2 is 1.67 bits per heavy atom. The highest BCUT2D eigenvalue weighted by Crippen LogP contribution is 2.23. The molecule has 0 spiro atoms. The van der Waals surface area contributed by atoms with Gasteiger partial charge in [0.1, 0.15) is 0 Å². The zero-order valence-electron chi connectivity index (χ0n) is 17.9. The van der Waals surface area contributed by atoms with Crippen LogP contribution in [0, 0.1) is 0 Å². The third-order valence-corrected chi connectivity index (χ3v) is 6.38. The second-order valence-corrected chi connectivity index (χ2v) is 9.33. The number of nitrogens with one attached hydrogen (secondary N) is 2. The van der Waals surface area contributed by atoms with Crippen LogP contribution in [-0.2, 0) is 21.2 Å². The minimum absolute atomic E-state index is 0.0329. The molecule has 0 aliphatic carbocycles. The quantitative estimate of drug-likeness (QED) is 0.446. The van der Waals surface area contributed by atoms with Crippen LogP contribution in [0.3, 0.4) is 0 Å². The highest BCUT2D eigenvalue weighted by molar-refractivity contribution is 7.89. The molecule has 1 unspecified atom stereocenters. The molecular weight excluding hydrogens is 462 g/mol. The van der Waals surface area contributed by atoms with Crippen LogP contribution in [0.2, 0.25) is 5.02 Å². The van der Waals surface area contributed by atoms with E-state index in [-0.39, 0.29) is 11.3 Å². The zero-order chi connectivity index (χ0) is 24.0. The van der Waals surface area contributed by atoms with Gasteiger partial charge in [-0.15, -0.1) is 0 Å². The van der Waals surface area contributed by atoms with E-state index in [0.717, 1.165) is 5.56 Å². The van der Waals surface area contributed by atoms with Crippen molar-refractivity contribution in [2.75, 3.05) is 5.32 Å². The molecule has 33 heavy (non-hydrogen) atoms. The van der Waals surface area contributed by atoms with Gasteiger partial charge in [-0.05, 0) is 41.8 Å². The molecular formula is C24H24ClN3O4S. The first-order valence-corrected chi connectivity index (χ1v) is 12.2. The number of aryl methyl sites for hydroxylation is 1. The van der Waals surface area contributed by atoms with E-state index in [1.165, 1.54) is 6.07 Å². The molecule has 3 aromatic carbocycles. The summed E-state index contributed by atoms with van der Waals surface area (Å²) in [6.45, 7) is 1.81. The fraction of sp³-hybridized carbons (Fsp3) is 0.167. The monoisotopic (exact) mass is 485 g/mol. The van der Waals surface area contributed by atoms with Crippen molar-refractivity contribution in [2.24, 2.45) is 5.14 Å². The van der Waals surface area contributed by atoms with Gasteiger partial charge >= 0.3 is 0 Å². The SMILES string of the molecule is CCc1ccc(NC(=O)CC(NC(=O)c2ccccc2Cl)c2ccccc2)cc1S(N)(=O)=O. The molecule has 0 fully saturated rings. The van der Waals surface area contributed by atoms with Gasteiger partial charge in [0.2, 0.25) is 15.9 Å². The van der Waals surface area contributed by atoms with Crippen LogP contribution in [0.15, 0.2) is 77.7 Å². The van der Waals surface area contributed by atoms with Gasteiger partial charge in [-0.1, -0.05) is 67.1 Å². The molecule has 1 atom stereocenters. The van der Waals surface area contributed by atoms with Crippen molar-refractivity contribution in [3.05, 3.63) is 94.5 Å². The molecule has 0 saturated carbocycles. The Morgan fingerprint density at radius 3 is 2.30 bits per heavy atom. The fourth-order valence-corrected chi connectivity index (χ4v) is 4.50. The van der Waals surface area contributed by atoms with E-state index in [2.05, 4.69) is 10.6 Å². The zero-order valence-corrected chi connectivity index (χ0v) is 19.5. The maximum absolute atomic E-state index is 12.8. The van der Waals surface area contributed by atoms with Gasteiger partial charge in [0.15, 0.2) is 0 Å². The fourth-order valence-electron chi connectivity index (χ4n) is 3.41. The number of sulfonamides is 1. The van der Waals surface area contributed by atoms with Crippen molar-refractivity contribution in [2.45, 2.75) is 30.7 Å². The second kappa shape index (κ2) is 10.6. The normalized spacial score (nSPS) is 12.1. The Bertz CT molecular complexity index is 1260. The van der Waals surface area contributed by atoms with Gasteiger partial charge in [0, 0.05) is 5.69 Å². The maximum Gasteiger partial charge on any atom is 0.253 e. The number of nitrogens with two attached hydrogens (primary N) is 1. The Kier molecular flexibility index (Phi) is 7.86. The first-order chi connectivity index (χ1) is 15.7. The number of rotatable bonds is 8. The van der Waals surface area contributed by atoms with Gasteiger partial charge in [0.05, 0.1) is 27.9 Å². The lowest BCUT2D eigenvalue weighted by Crippen LogP contribution is -2.31. The lowest BCUT2D eigenvalue weighted by Gasteiger charge is -2.20. The smallest absolute Gasteiger partial charge is 0.253 e. The van der Waals surface area contributed by atoms with Crippen LogP contribution in [0.5, 0.6) is 0 Å². The summed E-state index contributed by atoms with van der Waals surface area (Å²) in [5.74, 6) is -0.820. The van der Waals surface area contributed by atoms with E-state index >= 15 is 0 Å². The molecule has 0 aromatic heterocycles. The summed E-state index contributed by atoms with van der Waals surface area (Å²) < 4.78 is 23.8. The number of halogens is 1. The van der Waals surface area contributed by atoms with Crippen molar-refractivity contribution in [3.8, 4) is 0 Å². The van der Waals surface area contributed by atoms with Gasteiger partial charge in [-0.2, -0.15) is 0 Å². The Morgan fingerprint density at radius 1 is 1.00 bits per heavy atom. The highest BCUT2D eigenvalue weighted by Gasteiger charge is 2.21. The summed E-state index contributed by atoms with van der Waals surface area (Å²) in [5, 5.41) is 11.2. The highest BCUT2D eigenvalue weighted by atomic mass is 35.5. The van der Waals surface area contributed by atoms with E-state index < -0.39 is 27.9 Å². The Hall–Kier alpha value is -3.20. The van der Waals surface area contributed by atoms with E-state index in [9.17, 15) is 18.0 Å². The number of carbonyl (C=O) groups excluding carboxylic acids is 2. The number of hydrogen-bond acceptors (Lipinski definition) is 4. The van der Waals surface area contributed by atoms with E-state index in [4.69, 9.17) is 16.7 Å². The molecule has 4 N–H and O–H groups in total. The van der Waals surface area contributed by atoms with Crippen molar-refractivity contribution in [1.82, 2.24) is 5.32 Å². The van der Waals surface area contributed by atoms with Gasteiger partial charge in [-0.25, -0.2) is 13.6 Å². The molecule has 2 amide bonds. The number of amides is 2. The van der Waals surface area contributed by atoms with Crippen LogP contribution < -0.4 is 15.8 Å². The van der Waals surface area contributed by atoms with Crippen molar-refractivity contribution < 1.29 is 18.0 Å². The minimum atomic E-state index is -3.94. The summed E-state index contributed by atoms with van der Waals surface area (Å²) in [6, 6.07) is 19.6. The molecule has 0 aliphatic rings. The van der Waals surface area contributed by atoms with Crippen LogP contribution in [-0.4, -0.2) is 20.2 Å². The number of anilines is 1. The standard InChI is InChI=1S/C24H24ClN3O4S/c1-2-16-12-13-18(14-22(16)33(26,31)32)27-23(29)15-21(17-8-4-3-5-9-17)28-24(30)19-10-6-7-11-20(19)25/h3-14,21H,2,15H2,1H3,(H,27,29)(H,28,30)(H2,26,31,32). The molecule has 0 bridgehead atoms. The summed E-state index contributed by atoms with van der Waals surface area (Å²) >= 11 is 6.14. The maximum atomic E-state index is 12.8.